The predicted molar refractivity (Wildman–Crippen MR) is 58.4 cm³/mol. The predicted octanol–water partition coefficient (Wildman–Crippen LogP) is 2.57. The average molecular weight is 204 g/mol. The van der Waals surface area contributed by atoms with Gasteiger partial charge in [0, 0.05) is 0 Å². The Kier molecular flexibility index (Phi) is 3.05. The Hall–Kier alpha value is -1.31. The first-order valence-electron chi connectivity index (χ1n) is 5.55. The summed E-state index contributed by atoms with van der Waals surface area (Å²) in [5.74, 6) is 0.0599. The third kappa shape index (κ3) is 2.20. The number of esters is 1. The zero-order chi connectivity index (χ0) is 10.7. The van der Waals surface area contributed by atoms with Crippen molar-refractivity contribution < 1.29 is 9.53 Å². The Morgan fingerprint density at radius 3 is 2.60 bits per heavy atom. The monoisotopic (exact) mass is 204 g/mol. The largest absolute Gasteiger partial charge is 0.461 e. The van der Waals surface area contributed by atoms with Gasteiger partial charge in [0.15, 0.2) is 0 Å². The van der Waals surface area contributed by atoms with Crippen LogP contribution in [-0.4, -0.2) is 12.1 Å². The fourth-order valence-electron chi connectivity index (χ4n) is 2.03. The van der Waals surface area contributed by atoms with Crippen molar-refractivity contribution in [3.8, 4) is 0 Å². The van der Waals surface area contributed by atoms with Gasteiger partial charge in [0.1, 0.15) is 6.10 Å². The molecule has 1 aliphatic heterocycles. The van der Waals surface area contributed by atoms with Crippen LogP contribution in [0.4, 0.5) is 0 Å². The summed E-state index contributed by atoms with van der Waals surface area (Å²) in [7, 11) is 0. The quantitative estimate of drug-likeness (QED) is 0.704. The van der Waals surface area contributed by atoms with Crippen molar-refractivity contribution in [1.82, 2.24) is 0 Å². The van der Waals surface area contributed by atoms with Gasteiger partial charge in [-0.15, -0.1) is 0 Å². The number of rotatable bonds is 4. The topological polar surface area (TPSA) is 26.3 Å². The number of hydrogen-bond donors (Lipinski definition) is 0. The molecular weight excluding hydrogens is 188 g/mol. The molecule has 0 aromatic heterocycles. The summed E-state index contributed by atoms with van der Waals surface area (Å²) in [6.07, 6.45) is 3.04. The summed E-state index contributed by atoms with van der Waals surface area (Å²) < 4.78 is 5.13. The minimum absolute atomic E-state index is 0.0303. The molecule has 0 amide bonds. The van der Waals surface area contributed by atoms with E-state index in [-0.39, 0.29) is 18.0 Å². The van der Waals surface area contributed by atoms with Crippen molar-refractivity contribution in [3.05, 3.63) is 35.9 Å². The fourth-order valence-corrected chi connectivity index (χ4v) is 2.03. The van der Waals surface area contributed by atoms with Gasteiger partial charge in [-0.05, 0) is 18.4 Å². The Balaban J connectivity index is 1.96. The maximum atomic E-state index is 11.3. The van der Waals surface area contributed by atoms with Crippen LogP contribution in [0.25, 0.3) is 0 Å². The third-order valence-electron chi connectivity index (χ3n) is 2.89. The molecule has 1 fully saturated rings. The second kappa shape index (κ2) is 4.47. The van der Waals surface area contributed by atoms with Crippen LogP contribution in [0.2, 0.25) is 0 Å². The van der Waals surface area contributed by atoms with Gasteiger partial charge in [-0.1, -0.05) is 43.7 Å². The molecule has 1 saturated heterocycles. The lowest BCUT2D eigenvalue weighted by Crippen LogP contribution is -2.46. The molecule has 2 atom stereocenters. The highest BCUT2D eigenvalue weighted by Crippen LogP contribution is 2.29. The molecule has 2 nitrogen and oxygen atoms in total. The van der Waals surface area contributed by atoms with E-state index < -0.39 is 0 Å². The third-order valence-corrected chi connectivity index (χ3v) is 2.89. The lowest BCUT2D eigenvalue weighted by molar-refractivity contribution is -0.185. The molecule has 0 spiro atoms. The van der Waals surface area contributed by atoms with E-state index in [9.17, 15) is 4.79 Å². The smallest absolute Gasteiger partial charge is 0.313 e. The van der Waals surface area contributed by atoms with Crippen LogP contribution in [0.1, 0.15) is 25.3 Å². The minimum Gasteiger partial charge on any atom is -0.461 e. The molecule has 1 aromatic carbocycles. The molecule has 15 heavy (non-hydrogen) atoms. The van der Waals surface area contributed by atoms with Crippen molar-refractivity contribution in [2.75, 3.05) is 0 Å². The number of cyclic esters (lactones) is 1. The zero-order valence-electron chi connectivity index (χ0n) is 8.98. The summed E-state index contributed by atoms with van der Waals surface area (Å²) in [6, 6.07) is 10.1. The molecule has 80 valence electrons. The van der Waals surface area contributed by atoms with Gasteiger partial charge < -0.3 is 4.74 Å². The summed E-state index contributed by atoms with van der Waals surface area (Å²) >= 11 is 0. The van der Waals surface area contributed by atoms with Crippen LogP contribution in [-0.2, 0) is 16.0 Å². The first-order chi connectivity index (χ1) is 7.31. The number of carbonyl (C=O) groups excluding carboxylic acids is 1. The highest BCUT2D eigenvalue weighted by molar-refractivity contribution is 5.78. The maximum absolute atomic E-state index is 11.3. The molecule has 1 aromatic rings. The Morgan fingerprint density at radius 2 is 2.00 bits per heavy atom. The molecule has 1 heterocycles. The summed E-state index contributed by atoms with van der Waals surface area (Å²) in [5.41, 5.74) is 1.22. The van der Waals surface area contributed by atoms with E-state index in [1.807, 2.05) is 18.2 Å². The first-order valence-corrected chi connectivity index (χ1v) is 5.55. The summed E-state index contributed by atoms with van der Waals surface area (Å²) in [6.45, 7) is 2.12. The van der Waals surface area contributed by atoms with E-state index in [4.69, 9.17) is 4.74 Å². The van der Waals surface area contributed by atoms with Crippen LogP contribution in [0.15, 0.2) is 30.3 Å². The van der Waals surface area contributed by atoms with Gasteiger partial charge in [-0.25, -0.2) is 0 Å². The van der Waals surface area contributed by atoms with Gasteiger partial charge >= 0.3 is 5.97 Å². The van der Waals surface area contributed by atoms with Crippen LogP contribution in [0, 0.1) is 5.92 Å². The second-order valence-corrected chi connectivity index (χ2v) is 4.06. The van der Waals surface area contributed by atoms with Gasteiger partial charge in [0.05, 0.1) is 5.92 Å². The molecule has 2 rings (SSSR count). The molecule has 0 bridgehead atoms. The van der Waals surface area contributed by atoms with E-state index in [2.05, 4.69) is 19.1 Å². The van der Waals surface area contributed by atoms with Crippen LogP contribution >= 0.6 is 0 Å². The maximum Gasteiger partial charge on any atom is 0.313 e. The molecule has 0 aliphatic carbocycles. The normalized spacial score (nSPS) is 24.5. The number of benzene rings is 1. The van der Waals surface area contributed by atoms with Crippen LogP contribution in [0.5, 0.6) is 0 Å². The van der Waals surface area contributed by atoms with E-state index in [0.29, 0.717) is 0 Å². The number of carbonyl (C=O) groups is 1. The van der Waals surface area contributed by atoms with Crippen molar-refractivity contribution in [2.24, 2.45) is 5.92 Å². The molecule has 0 saturated carbocycles. The molecular formula is C13H16O2. The van der Waals surface area contributed by atoms with E-state index in [1.54, 1.807) is 0 Å². The highest BCUT2D eigenvalue weighted by atomic mass is 16.6. The molecule has 0 N–H and O–H groups in total. The van der Waals surface area contributed by atoms with Crippen molar-refractivity contribution in [2.45, 2.75) is 32.3 Å². The first kappa shape index (κ1) is 10.2. The average Bonchev–Trinajstić information content (AvgIpc) is 2.27. The van der Waals surface area contributed by atoms with E-state index >= 15 is 0 Å². The minimum atomic E-state index is -0.0303. The van der Waals surface area contributed by atoms with Crippen molar-refractivity contribution in [3.63, 3.8) is 0 Å². The Labute approximate surface area is 90.3 Å². The lowest BCUT2D eigenvalue weighted by Gasteiger charge is -2.35. The number of hydrogen-bond acceptors (Lipinski definition) is 2. The van der Waals surface area contributed by atoms with Crippen molar-refractivity contribution in [1.29, 1.82) is 0 Å². The molecule has 0 radical (unpaired) electrons. The zero-order valence-corrected chi connectivity index (χ0v) is 8.98. The van der Waals surface area contributed by atoms with E-state index in [0.717, 1.165) is 19.3 Å². The lowest BCUT2D eigenvalue weighted by atomic mass is 9.87. The standard InChI is InChI=1S/C13H16O2/c1-2-6-12-11(13(14)15-12)9-10-7-4-3-5-8-10/h3-5,7-8,11-12H,2,6,9H2,1H3. The van der Waals surface area contributed by atoms with Gasteiger partial charge in [0.25, 0.3) is 0 Å². The van der Waals surface area contributed by atoms with Crippen LogP contribution < -0.4 is 0 Å². The van der Waals surface area contributed by atoms with Gasteiger partial charge in [0.2, 0.25) is 0 Å². The number of ether oxygens (including phenoxy) is 1. The second-order valence-electron chi connectivity index (χ2n) is 4.06. The molecule has 2 heteroatoms. The van der Waals surface area contributed by atoms with Gasteiger partial charge in [-0.3, -0.25) is 4.79 Å². The van der Waals surface area contributed by atoms with Gasteiger partial charge in [-0.2, -0.15) is 0 Å². The SMILES string of the molecule is CCCC1OC(=O)C1Cc1ccccc1. The van der Waals surface area contributed by atoms with Crippen LogP contribution in [0.3, 0.4) is 0 Å². The molecule has 2 unspecified atom stereocenters. The highest BCUT2D eigenvalue weighted by Gasteiger charge is 2.41. The Bertz CT molecular complexity index is 332. The van der Waals surface area contributed by atoms with E-state index in [1.165, 1.54) is 5.56 Å². The molecule has 1 aliphatic rings. The van der Waals surface area contributed by atoms with Crippen molar-refractivity contribution >= 4 is 5.97 Å². The summed E-state index contributed by atoms with van der Waals surface area (Å²) in [4.78, 5) is 11.3. The summed E-state index contributed by atoms with van der Waals surface area (Å²) in [5, 5.41) is 0. The fraction of sp³-hybridized carbons (Fsp3) is 0.462. The Morgan fingerprint density at radius 1 is 1.27 bits per heavy atom.